The maximum atomic E-state index is 13.0. The molecule has 2 aromatic rings. The first-order valence-corrected chi connectivity index (χ1v) is 9.28. The van der Waals surface area contributed by atoms with Crippen LogP contribution >= 0.6 is 0 Å². The minimum absolute atomic E-state index is 0.0913. The van der Waals surface area contributed by atoms with Crippen LogP contribution in [-0.2, 0) is 0 Å². The van der Waals surface area contributed by atoms with E-state index >= 15 is 0 Å². The molecule has 14 heteroatoms. The molecule has 0 aromatic heterocycles. The van der Waals surface area contributed by atoms with Gasteiger partial charge in [-0.1, -0.05) is 0 Å². The molecule has 0 saturated carbocycles. The molecular weight excluding hydrogens is 434 g/mol. The van der Waals surface area contributed by atoms with Crippen LogP contribution in [0.15, 0.2) is 24.3 Å². The number of nitrogens with two attached hydrogens (primary N) is 2. The molecule has 0 aliphatic carbocycles. The van der Waals surface area contributed by atoms with E-state index in [4.69, 9.17) is 21.7 Å². The maximum absolute atomic E-state index is 13.0. The van der Waals surface area contributed by atoms with Gasteiger partial charge in [-0.05, 0) is 25.0 Å². The molecule has 0 heterocycles. The molecule has 0 saturated heterocycles. The summed E-state index contributed by atoms with van der Waals surface area (Å²) in [5.74, 6) is -1.51. The van der Waals surface area contributed by atoms with Gasteiger partial charge >= 0.3 is 11.4 Å². The number of benzene rings is 2. The van der Waals surface area contributed by atoms with Crippen molar-refractivity contribution in [2.24, 2.45) is 0 Å². The first kappa shape index (κ1) is 26.3. The normalized spacial score (nSPS) is 10.1. The zero-order valence-corrected chi connectivity index (χ0v) is 16.9. The van der Waals surface area contributed by atoms with Crippen LogP contribution in [0, 0.1) is 31.9 Å². The van der Waals surface area contributed by atoms with Crippen molar-refractivity contribution in [3.8, 4) is 0 Å². The molecule has 0 radical (unpaired) electrons. The fourth-order valence-electron chi connectivity index (χ4n) is 2.49. The van der Waals surface area contributed by atoms with Crippen molar-refractivity contribution in [2.75, 3.05) is 48.4 Å². The number of nitrogens with zero attached hydrogens (tertiary/aromatic N) is 2. The monoisotopic (exact) mass is 458 g/mol. The van der Waals surface area contributed by atoms with Crippen LogP contribution in [0.4, 0.5) is 42.9 Å². The zero-order chi connectivity index (χ0) is 24.3. The second kappa shape index (κ2) is 12.8. The molecule has 0 atom stereocenters. The van der Waals surface area contributed by atoms with E-state index in [2.05, 4.69) is 10.6 Å². The van der Waals surface area contributed by atoms with Crippen molar-refractivity contribution in [3.05, 3.63) is 56.1 Å². The van der Waals surface area contributed by atoms with E-state index in [1.807, 2.05) is 0 Å². The van der Waals surface area contributed by atoms with Crippen LogP contribution in [0.25, 0.3) is 0 Å². The van der Waals surface area contributed by atoms with E-state index < -0.39 is 32.9 Å². The Morgan fingerprint density at radius 2 is 1.16 bits per heavy atom. The molecule has 176 valence electrons. The summed E-state index contributed by atoms with van der Waals surface area (Å²) in [6, 6.07) is 3.62. The lowest BCUT2D eigenvalue weighted by atomic mass is 10.2. The minimum atomic E-state index is -1.05. The second-order valence-corrected chi connectivity index (χ2v) is 6.30. The lowest BCUT2D eigenvalue weighted by Gasteiger charge is -2.11. The largest absolute Gasteiger partial charge is 0.397 e. The maximum Gasteiger partial charge on any atom is 0.302 e. The summed E-state index contributed by atoms with van der Waals surface area (Å²) in [6.07, 6.45) is 0.849. The van der Waals surface area contributed by atoms with Gasteiger partial charge in [0.2, 0.25) is 0 Å². The molecule has 8 N–H and O–H groups in total. The number of hydrogen-bond acceptors (Lipinski definition) is 10. The molecule has 32 heavy (non-hydrogen) atoms. The minimum Gasteiger partial charge on any atom is -0.397 e. The molecule has 0 aliphatic rings. The standard InChI is InChI=1S/C9H10FN3O5.C9H14FN3O/c10-6-4-7(12(15)16)9(11-2-1-3-14)8(5-6)13(17)18;10-6-4-7(11)9(8(12)5-6)13-2-1-3-14/h4-5,11,14H,1-3H2;4-5,13-14H,1-3,11-12H2. The van der Waals surface area contributed by atoms with Crippen molar-refractivity contribution in [3.63, 3.8) is 0 Å². The molecule has 0 spiro atoms. The highest BCUT2D eigenvalue weighted by atomic mass is 19.1. The van der Waals surface area contributed by atoms with Gasteiger partial charge in [0.05, 0.1) is 39.0 Å². The number of hydrogen-bond donors (Lipinski definition) is 6. The summed E-state index contributed by atoms with van der Waals surface area (Å²) in [7, 11) is 0. The fraction of sp³-hybridized carbons (Fsp3) is 0.333. The summed E-state index contributed by atoms with van der Waals surface area (Å²) >= 11 is 0. The number of nitro groups is 2. The van der Waals surface area contributed by atoms with Crippen LogP contribution in [0.3, 0.4) is 0 Å². The van der Waals surface area contributed by atoms with E-state index in [9.17, 15) is 29.0 Å². The molecule has 0 aliphatic heterocycles. The van der Waals surface area contributed by atoms with Gasteiger partial charge in [-0.25, -0.2) is 8.78 Å². The Morgan fingerprint density at radius 3 is 1.53 bits per heavy atom. The Morgan fingerprint density at radius 1 is 0.781 bits per heavy atom. The van der Waals surface area contributed by atoms with Crippen LogP contribution in [-0.4, -0.2) is 46.4 Å². The highest BCUT2D eigenvalue weighted by Gasteiger charge is 2.26. The number of aliphatic hydroxyl groups excluding tert-OH is 2. The lowest BCUT2D eigenvalue weighted by Crippen LogP contribution is -2.08. The van der Waals surface area contributed by atoms with E-state index in [-0.39, 0.29) is 43.2 Å². The Balaban J connectivity index is 0.000000330. The number of aliphatic hydroxyl groups is 2. The number of halogens is 2. The molecule has 2 aromatic carbocycles. The Labute approximate surface area is 181 Å². The lowest BCUT2D eigenvalue weighted by molar-refractivity contribution is -0.392. The second-order valence-electron chi connectivity index (χ2n) is 6.30. The van der Waals surface area contributed by atoms with Gasteiger partial charge < -0.3 is 32.3 Å². The quantitative estimate of drug-likeness (QED) is 0.133. The fourth-order valence-corrected chi connectivity index (χ4v) is 2.49. The van der Waals surface area contributed by atoms with Gasteiger partial charge in [-0.3, -0.25) is 20.2 Å². The topological polar surface area (TPSA) is 203 Å². The van der Waals surface area contributed by atoms with E-state index in [0.29, 0.717) is 30.8 Å². The average Bonchev–Trinajstić information content (AvgIpc) is 2.71. The van der Waals surface area contributed by atoms with Crippen molar-refractivity contribution in [1.29, 1.82) is 0 Å². The highest BCUT2D eigenvalue weighted by molar-refractivity contribution is 5.79. The van der Waals surface area contributed by atoms with Gasteiger partial charge in [0, 0.05) is 26.3 Å². The summed E-state index contributed by atoms with van der Waals surface area (Å²) in [6.45, 7) is 0.574. The highest BCUT2D eigenvalue weighted by Crippen LogP contribution is 2.35. The van der Waals surface area contributed by atoms with E-state index in [1.54, 1.807) is 0 Å². The van der Waals surface area contributed by atoms with Crippen molar-refractivity contribution in [1.82, 2.24) is 0 Å². The number of nitro benzene ring substituents is 2. The third-order valence-corrected chi connectivity index (χ3v) is 3.89. The Bertz CT molecular complexity index is 888. The number of anilines is 4. The first-order chi connectivity index (χ1) is 15.1. The van der Waals surface area contributed by atoms with Gasteiger partial charge in [-0.2, -0.15) is 0 Å². The third-order valence-electron chi connectivity index (χ3n) is 3.89. The van der Waals surface area contributed by atoms with Gasteiger partial charge in [0.1, 0.15) is 11.6 Å². The third kappa shape index (κ3) is 7.81. The van der Waals surface area contributed by atoms with Gasteiger partial charge in [-0.15, -0.1) is 0 Å². The number of rotatable bonds is 10. The van der Waals surface area contributed by atoms with Crippen molar-refractivity contribution in [2.45, 2.75) is 12.8 Å². The summed E-state index contributed by atoms with van der Waals surface area (Å²) < 4.78 is 25.8. The molecule has 0 amide bonds. The SMILES string of the molecule is Nc1cc(F)cc(N)c1NCCCO.O=[N+]([O-])c1cc(F)cc([N+](=O)[O-])c1NCCCO. The molecular formula is C18H24F2N6O6. The predicted molar refractivity (Wildman–Crippen MR) is 115 cm³/mol. The van der Waals surface area contributed by atoms with Crippen LogP contribution < -0.4 is 22.1 Å². The van der Waals surface area contributed by atoms with Crippen molar-refractivity contribution < 1.29 is 28.8 Å². The first-order valence-electron chi connectivity index (χ1n) is 9.28. The Kier molecular flexibility index (Phi) is 10.5. The van der Waals surface area contributed by atoms with Crippen LogP contribution in [0.5, 0.6) is 0 Å². The molecule has 0 bridgehead atoms. The summed E-state index contributed by atoms with van der Waals surface area (Å²) in [4.78, 5) is 19.6. The van der Waals surface area contributed by atoms with Gasteiger partial charge in [0.25, 0.3) is 0 Å². The van der Waals surface area contributed by atoms with Crippen molar-refractivity contribution >= 4 is 34.1 Å². The molecule has 0 unspecified atom stereocenters. The van der Waals surface area contributed by atoms with Gasteiger partial charge in [0.15, 0.2) is 5.69 Å². The summed E-state index contributed by atoms with van der Waals surface area (Å²) in [5, 5.41) is 44.0. The predicted octanol–water partition coefficient (Wildman–Crippen LogP) is 2.22. The van der Waals surface area contributed by atoms with Crippen LogP contribution in [0.2, 0.25) is 0 Å². The van der Waals surface area contributed by atoms with E-state index in [1.165, 1.54) is 12.1 Å². The number of nitrogens with one attached hydrogen (secondary N) is 2. The average molecular weight is 458 g/mol. The number of nitrogen functional groups attached to an aromatic ring is 2. The zero-order valence-electron chi connectivity index (χ0n) is 16.9. The molecule has 2 rings (SSSR count). The molecule has 12 nitrogen and oxygen atoms in total. The smallest absolute Gasteiger partial charge is 0.302 e. The van der Waals surface area contributed by atoms with E-state index in [0.717, 1.165) is 0 Å². The summed E-state index contributed by atoms with van der Waals surface area (Å²) in [5.41, 5.74) is 10.4. The Hall–Kier alpha value is -3.78. The van der Waals surface area contributed by atoms with Crippen LogP contribution in [0.1, 0.15) is 12.8 Å². The molecule has 0 fully saturated rings.